The Bertz CT molecular complexity index is 1310. The number of esters is 2. The summed E-state index contributed by atoms with van der Waals surface area (Å²) in [6.45, 7) is 4.07. The molecular weight excluding hydrogens is 472 g/mol. The second-order valence-corrected chi connectivity index (χ2v) is 8.17. The van der Waals surface area contributed by atoms with Gasteiger partial charge in [-0.25, -0.2) is 9.59 Å². The highest BCUT2D eigenvalue weighted by atomic mass is 16.5. The Morgan fingerprint density at radius 1 is 0.865 bits per heavy atom. The normalized spacial score (nSPS) is 14.7. The molecule has 0 aromatic heterocycles. The third-order valence-electron chi connectivity index (χ3n) is 5.82. The zero-order valence-electron chi connectivity index (χ0n) is 20.9. The number of ether oxygens (including phenoxy) is 3. The first kappa shape index (κ1) is 25.5. The summed E-state index contributed by atoms with van der Waals surface area (Å²) >= 11 is 0. The molecule has 4 rings (SSSR count). The van der Waals surface area contributed by atoms with Gasteiger partial charge < -0.3 is 19.5 Å². The summed E-state index contributed by atoms with van der Waals surface area (Å²) in [7, 11) is 1.59. The first-order valence-corrected chi connectivity index (χ1v) is 12.0. The molecule has 0 aliphatic carbocycles. The summed E-state index contributed by atoms with van der Waals surface area (Å²) in [6.07, 6.45) is 1.84. The minimum atomic E-state index is -0.419. The minimum Gasteiger partial charge on any atom is -0.497 e. The van der Waals surface area contributed by atoms with E-state index in [2.05, 4.69) is 5.32 Å². The topological polar surface area (TPSA) is 94.2 Å². The third kappa shape index (κ3) is 5.64. The highest BCUT2D eigenvalue weighted by molar-refractivity contribution is 6.11. The van der Waals surface area contributed by atoms with E-state index in [0.717, 1.165) is 5.56 Å². The zero-order chi connectivity index (χ0) is 26.4. The second-order valence-electron chi connectivity index (χ2n) is 8.17. The van der Waals surface area contributed by atoms with Crippen LogP contribution in [-0.2, 0) is 14.3 Å². The number of carbonyl (C=O) groups is 3. The van der Waals surface area contributed by atoms with Crippen LogP contribution in [0.3, 0.4) is 0 Å². The van der Waals surface area contributed by atoms with E-state index in [4.69, 9.17) is 14.2 Å². The van der Waals surface area contributed by atoms with E-state index in [-0.39, 0.29) is 12.5 Å². The van der Waals surface area contributed by atoms with Gasteiger partial charge in [-0.15, -0.1) is 0 Å². The maximum absolute atomic E-state index is 13.6. The van der Waals surface area contributed by atoms with E-state index in [1.165, 1.54) is 0 Å². The largest absolute Gasteiger partial charge is 0.497 e. The van der Waals surface area contributed by atoms with Crippen LogP contribution in [0.4, 0.5) is 11.4 Å². The van der Waals surface area contributed by atoms with Gasteiger partial charge in [0.2, 0.25) is 0 Å². The molecule has 0 unspecified atom stereocenters. The summed E-state index contributed by atoms with van der Waals surface area (Å²) in [5, 5.41) is 3.18. The van der Waals surface area contributed by atoms with Crippen LogP contribution in [0.25, 0.3) is 0 Å². The van der Waals surface area contributed by atoms with Gasteiger partial charge in [-0.3, -0.25) is 9.69 Å². The van der Waals surface area contributed by atoms with Crippen molar-refractivity contribution in [3.8, 4) is 5.75 Å². The molecule has 1 aliphatic heterocycles. The Morgan fingerprint density at radius 2 is 1.46 bits per heavy atom. The summed E-state index contributed by atoms with van der Waals surface area (Å²) < 4.78 is 15.5. The van der Waals surface area contributed by atoms with E-state index in [9.17, 15) is 14.4 Å². The van der Waals surface area contributed by atoms with Crippen molar-refractivity contribution in [3.63, 3.8) is 0 Å². The number of rotatable bonds is 9. The van der Waals surface area contributed by atoms with Crippen molar-refractivity contribution in [2.75, 3.05) is 30.5 Å². The van der Waals surface area contributed by atoms with Crippen molar-refractivity contribution in [3.05, 3.63) is 101 Å². The predicted molar refractivity (Wildman–Crippen MR) is 140 cm³/mol. The zero-order valence-corrected chi connectivity index (χ0v) is 20.9. The van der Waals surface area contributed by atoms with Crippen molar-refractivity contribution >= 4 is 29.2 Å². The molecule has 0 saturated carbocycles. The molecule has 37 heavy (non-hydrogen) atoms. The number of amides is 1. The highest BCUT2D eigenvalue weighted by Gasteiger charge is 2.35. The van der Waals surface area contributed by atoms with Crippen LogP contribution >= 0.6 is 0 Å². The first-order chi connectivity index (χ1) is 17.9. The molecule has 1 N–H and O–H groups in total. The number of carbonyl (C=O) groups excluding carboxylic acids is 3. The van der Waals surface area contributed by atoms with E-state index < -0.39 is 18.0 Å². The number of nitrogens with zero attached hydrogens (tertiary/aromatic N) is 1. The summed E-state index contributed by atoms with van der Waals surface area (Å²) in [5.74, 6) is -0.392. The van der Waals surface area contributed by atoms with Crippen molar-refractivity contribution in [1.29, 1.82) is 0 Å². The van der Waals surface area contributed by atoms with Crippen molar-refractivity contribution < 1.29 is 28.6 Å². The van der Waals surface area contributed by atoms with Crippen LogP contribution in [0, 0.1) is 0 Å². The fourth-order valence-electron chi connectivity index (χ4n) is 4.04. The SMILES string of the molecule is CCOC(=O)c1ccc(NC2=C[C@@H](c3cccc(OC)c3)N(c3ccc(C(=O)OCC)cc3)C2=O)cc1. The van der Waals surface area contributed by atoms with Gasteiger partial charge in [0.05, 0.1) is 37.5 Å². The van der Waals surface area contributed by atoms with Crippen molar-refractivity contribution in [2.45, 2.75) is 19.9 Å². The van der Waals surface area contributed by atoms with Crippen molar-refractivity contribution in [1.82, 2.24) is 0 Å². The Morgan fingerprint density at radius 3 is 2.03 bits per heavy atom. The lowest BCUT2D eigenvalue weighted by atomic mass is 10.1. The number of anilines is 2. The maximum Gasteiger partial charge on any atom is 0.338 e. The molecular formula is C29H28N2O6. The average molecular weight is 501 g/mol. The molecule has 0 fully saturated rings. The number of benzene rings is 3. The average Bonchev–Trinajstić information content (AvgIpc) is 3.25. The molecule has 190 valence electrons. The smallest absolute Gasteiger partial charge is 0.338 e. The van der Waals surface area contributed by atoms with E-state index in [1.807, 2.05) is 30.3 Å². The summed E-state index contributed by atoms with van der Waals surface area (Å²) in [6, 6.07) is 20.6. The molecule has 0 saturated heterocycles. The van der Waals surface area contributed by atoms with E-state index in [1.54, 1.807) is 74.4 Å². The summed E-state index contributed by atoms with van der Waals surface area (Å²) in [4.78, 5) is 39.3. The molecule has 1 amide bonds. The van der Waals surface area contributed by atoms with Crippen LogP contribution in [0.1, 0.15) is 46.2 Å². The van der Waals surface area contributed by atoms with Gasteiger partial charge in [-0.05, 0) is 86.2 Å². The Balaban J connectivity index is 1.64. The van der Waals surface area contributed by atoms with Crippen LogP contribution in [-0.4, -0.2) is 38.2 Å². The molecule has 0 bridgehead atoms. The van der Waals surface area contributed by atoms with Gasteiger partial charge in [0.1, 0.15) is 11.4 Å². The highest BCUT2D eigenvalue weighted by Crippen LogP contribution is 2.37. The third-order valence-corrected chi connectivity index (χ3v) is 5.82. The molecule has 1 heterocycles. The molecule has 1 atom stereocenters. The lowest BCUT2D eigenvalue weighted by molar-refractivity contribution is -0.114. The van der Waals surface area contributed by atoms with Crippen LogP contribution < -0.4 is 15.0 Å². The molecule has 8 nitrogen and oxygen atoms in total. The molecule has 1 aliphatic rings. The standard InChI is InChI=1S/C29H28N2O6/c1-4-36-28(33)19-9-13-22(14-10-19)30-25-18-26(21-7-6-8-24(17-21)35-3)31(27(25)32)23-15-11-20(12-16-23)29(34)37-5-2/h6-18,26,30H,4-5H2,1-3H3/t26-/m0/s1. The van der Waals surface area contributed by atoms with E-state index in [0.29, 0.717) is 40.6 Å². The Labute approximate surface area is 215 Å². The monoisotopic (exact) mass is 500 g/mol. The number of nitrogens with one attached hydrogen (secondary N) is 1. The van der Waals surface area contributed by atoms with Gasteiger partial charge in [0.25, 0.3) is 5.91 Å². The van der Waals surface area contributed by atoms with Gasteiger partial charge >= 0.3 is 11.9 Å². The van der Waals surface area contributed by atoms with Crippen molar-refractivity contribution in [2.24, 2.45) is 0 Å². The van der Waals surface area contributed by atoms with Crippen LogP contribution in [0.15, 0.2) is 84.6 Å². The van der Waals surface area contributed by atoms with Gasteiger partial charge in [0.15, 0.2) is 0 Å². The van der Waals surface area contributed by atoms with Crippen LogP contribution in [0.5, 0.6) is 5.75 Å². The minimum absolute atomic E-state index is 0.244. The molecule has 3 aromatic rings. The van der Waals surface area contributed by atoms with Gasteiger partial charge in [-0.1, -0.05) is 12.1 Å². The second kappa shape index (κ2) is 11.4. The Hall–Kier alpha value is -4.59. The number of hydrogen-bond donors (Lipinski definition) is 1. The number of methoxy groups -OCH3 is 1. The molecule has 0 radical (unpaired) electrons. The first-order valence-electron chi connectivity index (χ1n) is 12.0. The summed E-state index contributed by atoms with van der Waals surface area (Å²) in [5.41, 5.74) is 3.34. The fraction of sp³-hybridized carbons (Fsp3) is 0.207. The van der Waals surface area contributed by atoms with Crippen LogP contribution in [0.2, 0.25) is 0 Å². The lowest BCUT2D eigenvalue weighted by Gasteiger charge is -2.25. The quantitative estimate of drug-likeness (QED) is 0.407. The van der Waals surface area contributed by atoms with Gasteiger partial charge in [0, 0.05) is 11.4 Å². The molecule has 8 heteroatoms. The lowest BCUT2D eigenvalue weighted by Crippen LogP contribution is -2.30. The molecule has 3 aromatic carbocycles. The van der Waals surface area contributed by atoms with E-state index >= 15 is 0 Å². The molecule has 0 spiro atoms. The Kier molecular flexibility index (Phi) is 7.88. The van der Waals surface area contributed by atoms with Gasteiger partial charge in [-0.2, -0.15) is 0 Å². The fourth-order valence-corrected chi connectivity index (χ4v) is 4.04. The number of hydrogen-bond acceptors (Lipinski definition) is 7. The maximum atomic E-state index is 13.6. The predicted octanol–water partition coefficient (Wildman–Crippen LogP) is 5.13.